The number of aliphatic hydroxyl groups excluding tert-OH is 1. The molecule has 0 rings (SSSR count). The number of phosphoric ester groups is 2. The molecule has 0 spiro atoms. The van der Waals surface area contributed by atoms with E-state index in [1.807, 2.05) is 0 Å². The van der Waals surface area contributed by atoms with E-state index in [4.69, 9.17) is 37.0 Å². The van der Waals surface area contributed by atoms with Crippen LogP contribution in [-0.4, -0.2) is 96.7 Å². The topological polar surface area (TPSA) is 237 Å². The first-order chi connectivity index (χ1) is 46.1. The van der Waals surface area contributed by atoms with Gasteiger partial charge in [-0.1, -0.05) is 322 Å². The van der Waals surface area contributed by atoms with E-state index in [0.29, 0.717) is 25.7 Å². The van der Waals surface area contributed by atoms with Crippen LogP contribution in [0.15, 0.2) is 24.3 Å². The number of allylic oxidation sites excluding steroid dienone is 4. The van der Waals surface area contributed by atoms with E-state index in [9.17, 15) is 43.2 Å². The number of esters is 4. The summed E-state index contributed by atoms with van der Waals surface area (Å²) in [6.07, 6.45) is 60.6. The van der Waals surface area contributed by atoms with E-state index >= 15 is 0 Å². The van der Waals surface area contributed by atoms with Crippen LogP contribution in [0.5, 0.6) is 0 Å². The highest BCUT2D eigenvalue weighted by Gasteiger charge is 2.30. The predicted octanol–water partition coefficient (Wildman–Crippen LogP) is 22.0. The standard InChI is InChI=1S/C76H144O17P2/c1-6-10-13-16-19-22-24-26-28-29-30-31-32-34-36-38-40-46-51-56-61-75(80)92-72(66-87-74(79)60-55-50-45-39-37-35-33-27-25-23-20-17-14-11-7-2)68-91-95(84,85)89-64-70(77)63-88-94(82,83)90-67-71(65-86-73(78)59-54-49-44-21-18-15-12-8-3)93-76(81)62-57-52-47-42-41-43-48-53-58-69(5)9-4/h23,25,27,33,69-72,77H,6-22,24,26,28-32,34-68H2,1-5H3,(H,82,83)(H,84,85)/b25-23-,33-27-/t69?,70-,71+,72+/m0/s1. The van der Waals surface area contributed by atoms with Gasteiger partial charge < -0.3 is 33.8 Å². The van der Waals surface area contributed by atoms with Crippen molar-refractivity contribution < 1.29 is 80.2 Å². The summed E-state index contributed by atoms with van der Waals surface area (Å²) in [6.45, 7) is 7.19. The van der Waals surface area contributed by atoms with E-state index in [-0.39, 0.29) is 25.7 Å². The van der Waals surface area contributed by atoms with Gasteiger partial charge in [0, 0.05) is 25.7 Å². The van der Waals surface area contributed by atoms with Gasteiger partial charge in [-0.3, -0.25) is 37.3 Å². The van der Waals surface area contributed by atoms with Crippen molar-refractivity contribution in [3.63, 3.8) is 0 Å². The van der Waals surface area contributed by atoms with Gasteiger partial charge in [0.1, 0.15) is 19.3 Å². The number of unbranched alkanes of at least 4 members (excludes halogenated alkanes) is 42. The molecule has 0 amide bonds. The molecule has 19 heteroatoms. The lowest BCUT2D eigenvalue weighted by atomic mass is 9.99. The molecule has 0 fully saturated rings. The number of carbonyl (C=O) groups excluding carboxylic acids is 4. The van der Waals surface area contributed by atoms with Crippen LogP contribution in [0.4, 0.5) is 0 Å². The van der Waals surface area contributed by atoms with Crippen LogP contribution in [-0.2, 0) is 65.4 Å². The predicted molar refractivity (Wildman–Crippen MR) is 386 cm³/mol. The molecule has 0 aromatic rings. The Labute approximate surface area is 580 Å². The maximum atomic E-state index is 13.1. The van der Waals surface area contributed by atoms with Crippen LogP contribution in [0.25, 0.3) is 0 Å². The van der Waals surface area contributed by atoms with Crippen molar-refractivity contribution in [2.24, 2.45) is 5.92 Å². The fraction of sp³-hybridized carbons (Fsp3) is 0.895. The zero-order valence-corrected chi connectivity index (χ0v) is 63.1. The number of aliphatic hydroxyl groups is 1. The van der Waals surface area contributed by atoms with Gasteiger partial charge in [0.2, 0.25) is 0 Å². The minimum Gasteiger partial charge on any atom is -0.462 e. The Morgan fingerprint density at radius 2 is 0.589 bits per heavy atom. The van der Waals surface area contributed by atoms with Gasteiger partial charge >= 0.3 is 39.5 Å². The van der Waals surface area contributed by atoms with Crippen molar-refractivity contribution >= 4 is 39.5 Å². The highest BCUT2D eigenvalue weighted by atomic mass is 31.2. The average molecular weight is 1390 g/mol. The lowest BCUT2D eigenvalue weighted by molar-refractivity contribution is -0.161. The first-order valence-corrected chi connectivity index (χ1v) is 42.0. The molecule has 0 saturated heterocycles. The third kappa shape index (κ3) is 68.5. The fourth-order valence-corrected chi connectivity index (χ4v) is 12.7. The largest absolute Gasteiger partial charge is 0.472 e. The monoisotopic (exact) mass is 1390 g/mol. The SMILES string of the molecule is CCCCCC/C=C\C=C/CCCCCCCC(=O)OC[C@H](COP(=O)(O)OC[C@@H](O)COP(=O)(O)OC[C@@H](COC(=O)CCCCCCCCCC)OC(=O)CCCCCCCCCCC(C)CC)OC(=O)CCCCCCCCCCCCCCCCCCCCCC. The Hall–Kier alpha value is -2.46. The lowest BCUT2D eigenvalue weighted by Gasteiger charge is -2.21. The van der Waals surface area contributed by atoms with E-state index in [2.05, 4.69) is 58.9 Å². The van der Waals surface area contributed by atoms with Gasteiger partial charge in [-0.2, -0.15) is 0 Å². The fourth-order valence-electron chi connectivity index (χ4n) is 11.1. The number of ether oxygens (including phenoxy) is 4. The molecule has 0 aliphatic heterocycles. The van der Waals surface area contributed by atoms with Crippen LogP contribution < -0.4 is 0 Å². The van der Waals surface area contributed by atoms with Crippen LogP contribution in [0, 0.1) is 5.92 Å². The molecule has 0 saturated carbocycles. The number of carbonyl (C=O) groups is 4. The summed E-state index contributed by atoms with van der Waals surface area (Å²) >= 11 is 0. The van der Waals surface area contributed by atoms with E-state index in [0.717, 1.165) is 121 Å². The third-order valence-electron chi connectivity index (χ3n) is 17.5. The molecule has 6 atom stereocenters. The molecule has 0 heterocycles. The van der Waals surface area contributed by atoms with Crippen molar-refractivity contribution in [2.75, 3.05) is 39.6 Å². The van der Waals surface area contributed by atoms with Crippen LogP contribution in [0.2, 0.25) is 0 Å². The Bertz CT molecular complexity index is 1920. The maximum Gasteiger partial charge on any atom is 0.472 e. The Morgan fingerprint density at radius 3 is 0.895 bits per heavy atom. The average Bonchev–Trinajstić information content (AvgIpc) is 1.95. The van der Waals surface area contributed by atoms with Crippen LogP contribution in [0.3, 0.4) is 0 Å². The number of hydrogen-bond acceptors (Lipinski definition) is 15. The van der Waals surface area contributed by atoms with E-state index < -0.39 is 97.5 Å². The molecule has 560 valence electrons. The Kier molecular flexibility index (Phi) is 66.9. The smallest absolute Gasteiger partial charge is 0.462 e. The zero-order chi connectivity index (χ0) is 69.8. The van der Waals surface area contributed by atoms with Gasteiger partial charge in [-0.15, -0.1) is 0 Å². The summed E-state index contributed by atoms with van der Waals surface area (Å²) in [5, 5.41) is 10.6. The quantitative estimate of drug-likeness (QED) is 0.0169. The van der Waals surface area contributed by atoms with Gasteiger partial charge in [0.25, 0.3) is 0 Å². The second-order valence-corrected chi connectivity index (χ2v) is 29.9. The Morgan fingerprint density at radius 1 is 0.337 bits per heavy atom. The second kappa shape index (κ2) is 68.7. The van der Waals surface area contributed by atoms with Gasteiger partial charge in [-0.25, -0.2) is 9.13 Å². The minimum absolute atomic E-state index is 0.102. The van der Waals surface area contributed by atoms with Crippen LogP contribution >= 0.6 is 15.6 Å². The molecule has 17 nitrogen and oxygen atoms in total. The molecule has 0 bridgehead atoms. The van der Waals surface area contributed by atoms with Crippen molar-refractivity contribution in [2.45, 2.75) is 393 Å². The molecule has 0 radical (unpaired) electrons. The summed E-state index contributed by atoms with van der Waals surface area (Å²) < 4.78 is 68.4. The molecule has 0 aliphatic rings. The van der Waals surface area contributed by atoms with Crippen molar-refractivity contribution in [1.29, 1.82) is 0 Å². The second-order valence-electron chi connectivity index (χ2n) is 26.9. The normalized spacial score (nSPS) is 14.4. The Balaban J connectivity index is 5.23. The summed E-state index contributed by atoms with van der Waals surface area (Å²) in [5.74, 6) is -1.38. The molecular weight excluding hydrogens is 1250 g/mol. The number of hydrogen-bond donors (Lipinski definition) is 3. The first-order valence-electron chi connectivity index (χ1n) is 39.0. The highest BCUT2D eigenvalue weighted by molar-refractivity contribution is 7.47. The molecule has 0 aromatic carbocycles. The van der Waals surface area contributed by atoms with E-state index in [1.165, 1.54) is 173 Å². The lowest BCUT2D eigenvalue weighted by Crippen LogP contribution is -2.30. The molecule has 3 N–H and O–H groups in total. The third-order valence-corrected chi connectivity index (χ3v) is 19.4. The number of rotatable bonds is 74. The van der Waals surface area contributed by atoms with Crippen molar-refractivity contribution in [3.05, 3.63) is 24.3 Å². The highest BCUT2D eigenvalue weighted by Crippen LogP contribution is 2.45. The van der Waals surface area contributed by atoms with Gasteiger partial charge in [0.15, 0.2) is 12.2 Å². The summed E-state index contributed by atoms with van der Waals surface area (Å²) in [6, 6.07) is 0. The zero-order valence-electron chi connectivity index (χ0n) is 61.3. The van der Waals surface area contributed by atoms with Crippen LogP contribution in [0.1, 0.15) is 375 Å². The summed E-state index contributed by atoms with van der Waals surface area (Å²) in [5.41, 5.74) is 0. The number of phosphoric acid groups is 2. The van der Waals surface area contributed by atoms with Gasteiger partial charge in [0.05, 0.1) is 26.4 Å². The maximum absolute atomic E-state index is 13.1. The summed E-state index contributed by atoms with van der Waals surface area (Å²) in [7, 11) is -9.92. The molecule has 0 aliphatic carbocycles. The molecular formula is C76H144O17P2. The summed E-state index contributed by atoms with van der Waals surface area (Å²) in [4.78, 5) is 72.7. The first kappa shape index (κ1) is 92.5. The van der Waals surface area contributed by atoms with Crippen molar-refractivity contribution in [1.82, 2.24) is 0 Å². The van der Waals surface area contributed by atoms with E-state index in [1.54, 1.807) is 0 Å². The molecule has 3 unspecified atom stereocenters. The minimum atomic E-state index is -4.96. The molecule has 0 aromatic heterocycles. The van der Waals surface area contributed by atoms with Crippen molar-refractivity contribution in [3.8, 4) is 0 Å². The molecule has 95 heavy (non-hydrogen) atoms. The van der Waals surface area contributed by atoms with Gasteiger partial charge in [-0.05, 0) is 57.3 Å².